The molecule has 3 aromatic rings. The number of nitrogens with zero attached hydrogens (tertiary/aromatic N) is 2. The molecule has 2 aliphatic carbocycles. The highest BCUT2D eigenvalue weighted by atomic mass is 35.5. The van der Waals surface area contributed by atoms with Crippen molar-refractivity contribution in [2.45, 2.75) is 64.3 Å². The van der Waals surface area contributed by atoms with Crippen LogP contribution in [0.25, 0.3) is 22.4 Å². The molecule has 1 aromatic heterocycles. The molecule has 0 amide bonds. The lowest BCUT2D eigenvalue weighted by Crippen LogP contribution is -2.15. The third kappa shape index (κ3) is 4.50. The number of rotatable bonds is 6. The van der Waals surface area contributed by atoms with Crippen LogP contribution in [0.5, 0.6) is 5.75 Å². The van der Waals surface area contributed by atoms with E-state index in [0.717, 1.165) is 24.9 Å². The molecule has 0 unspecified atom stereocenters. The molecule has 2 aliphatic rings. The minimum absolute atomic E-state index is 0.464. The Morgan fingerprint density at radius 2 is 1.59 bits per heavy atom. The van der Waals surface area contributed by atoms with E-state index in [4.69, 9.17) is 21.3 Å². The summed E-state index contributed by atoms with van der Waals surface area (Å²) in [6.07, 6.45) is 10.9. The van der Waals surface area contributed by atoms with Gasteiger partial charge in [0.25, 0.3) is 0 Å². The van der Waals surface area contributed by atoms with Crippen molar-refractivity contribution in [3.8, 4) is 17.1 Å². The average Bonchev–Trinajstić information content (AvgIpc) is 3.42. The van der Waals surface area contributed by atoms with E-state index in [0.29, 0.717) is 46.1 Å². The van der Waals surface area contributed by atoms with Gasteiger partial charge >= 0.3 is 0 Å². The summed E-state index contributed by atoms with van der Waals surface area (Å²) in [4.78, 5) is 4.75. The predicted octanol–water partition coefficient (Wildman–Crippen LogP) is 7.78. The molecule has 1 heterocycles. The van der Waals surface area contributed by atoms with E-state index in [1.54, 1.807) is 0 Å². The molecule has 2 aromatic carbocycles. The van der Waals surface area contributed by atoms with Gasteiger partial charge in [0, 0.05) is 23.7 Å². The minimum Gasteiger partial charge on any atom is -0.492 e. The molecular weight excluding hydrogens is 430 g/mol. The standard InChI is InChI=1S/C26H29ClF2N2O/c27-19-10-11-20(25(12-19)32-16-18-8-4-5-9-18)26-30-23-13-21(28)22(29)14-24(23)31(26)15-17-6-2-1-3-7-17/h10-14,17-18H,1-9,15-16H2. The summed E-state index contributed by atoms with van der Waals surface area (Å²) in [5.74, 6) is 0.719. The SMILES string of the molecule is Fc1cc2nc(-c3ccc(Cl)cc3OCC3CCCC3)n(CC3CCCCC3)c2cc1F. The maximum atomic E-state index is 14.2. The first-order valence-electron chi connectivity index (χ1n) is 11.9. The largest absolute Gasteiger partial charge is 0.492 e. The van der Waals surface area contributed by atoms with Crippen LogP contribution in [0.2, 0.25) is 5.02 Å². The van der Waals surface area contributed by atoms with Crippen LogP contribution >= 0.6 is 11.6 Å². The molecule has 0 saturated heterocycles. The van der Waals surface area contributed by atoms with Crippen molar-refractivity contribution in [1.82, 2.24) is 9.55 Å². The lowest BCUT2D eigenvalue weighted by Gasteiger charge is -2.23. The molecular formula is C26H29ClF2N2O. The van der Waals surface area contributed by atoms with Gasteiger partial charge in [-0.25, -0.2) is 13.8 Å². The highest BCUT2D eigenvalue weighted by Gasteiger charge is 2.23. The van der Waals surface area contributed by atoms with E-state index in [-0.39, 0.29) is 0 Å². The van der Waals surface area contributed by atoms with Gasteiger partial charge in [-0.3, -0.25) is 0 Å². The third-order valence-corrected chi connectivity index (χ3v) is 7.32. The molecule has 2 saturated carbocycles. The van der Waals surface area contributed by atoms with E-state index in [1.807, 2.05) is 18.2 Å². The predicted molar refractivity (Wildman–Crippen MR) is 124 cm³/mol. The van der Waals surface area contributed by atoms with Gasteiger partial charge < -0.3 is 9.30 Å². The van der Waals surface area contributed by atoms with Crippen molar-refractivity contribution in [3.05, 3.63) is 47.0 Å². The molecule has 0 radical (unpaired) electrons. The summed E-state index contributed by atoms with van der Waals surface area (Å²) >= 11 is 6.31. The molecule has 170 valence electrons. The first-order valence-corrected chi connectivity index (χ1v) is 12.2. The van der Waals surface area contributed by atoms with Crippen molar-refractivity contribution in [2.24, 2.45) is 11.8 Å². The third-order valence-electron chi connectivity index (χ3n) is 7.09. The highest BCUT2D eigenvalue weighted by molar-refractivity contribution is 6.30. The lowest BCUT2D eigenvalue weighted by atomic mass is 9.89. The smallest absolute Gasteiger partial charge is 0.161 e. The lowest BCUT2D eigenvalue weighted by molar-refractivity contribution is 0.253. The normalized spacial score (nSPS) is 18.0. The van der Waals surface area contributed by atoms with Crippen molar-refractivity contribution < 1.29 is 13.5 Å². The number of halogens is 3. The van der Waals surface area contributed by atoms with Crippen LogP contribution in [-0.2, 0) is 6.54 Å². The van der Waals surface area contributed by atoms with Crippen molar-refractivity contribution >= 4 is 22.6 Å². The van der Waals surface area contributed by atoms with Crippen LogP contribution in [-0.4, -0.2) is 16.2 Å². The fourth-order valence-corrected chi connectivity index (χ4v) is 5.49. The van der Waals surface area contributed by atoms with Crippen LogP contribution in [0.4, 0.5) is 8.78 Å². The van der Waals surface area contributed by atoms with Gasteiger partial charge in [0.05, 0.1) is 23.2 Å². The maximum Gasteiger partial charge on any atom is 0.161 e. The number of aromatic nitrogens is 2. The zero-order valence-corrected chi connectivity index (χ0v) is 19.0. The zero-order chi connectivity index (χ0) is 22.1. The van der Waals surface area contributed by atoms with E-state index >= 15 is 0 Å². The molecule has 2 fully saturated rings. The van der Waals surface area contributed by atoms with Crippen molar-refractivity contribution in [2.75, 3.05) is 6.61 Å². The molecule has 32 heavy (non-hydrogen) atoms. The Bertz CT molecular complexity index is 1100. The second-order valence-corrected chi connectivity index (χ2v) is 9.84. The van der Waals surface area contributed by atoms with E-state index in [9.17, 15) is 8.78 Å². The molecule has 0 N–H and O–H groups in total. The summed E-state index contributed by atoms with van der Waals surface area (Å²) in [5.41, 5.74) is 1.91. The Labute approximate surface area is 192 Å². The highest BCUT2D eigenvalue weighted by Crippen LogP contribution is 2.37. The van der Waals surface area contributed by atoms with Gasteiger partial charge in [0.2, 0.25) is 0 Å². The molecule has 0 bridgehead atoms. The molecule has 5 rings (SSSR count). The minimum atomic E-state index is -0.875. The number of fused-ring (bicyclic) bond motifs is 1. The van der Waals surface area contributed by atoms with Gasteiger partial charge in [-0.2, -0.15) is 0 Å². The van der Waals surface area contributed by atoms with E-state index in [1.165, 1.54) is 57.1 Å². The fourth-order valence-electron chi connectivity index (χ4n) is 5.32. The maximum absolute atomic E-state index is 14.2. The second-order valence-electron chi connectivity index (χ2n) is 9.41. The fraction of sp³-hybridized carbons (Fsp3) is 0.500. The van der Waals surface area contributed by atoms with Gasteiger partial charge in [-0.05, 0) is 55.7 Å². The van der Waals surface area contributed by atoms with E-state index < -0.39 is 11.6 Å². The number of hydrogen-bond acceptors (Lipinski definition) is 2. The second kappa shape index (κ2) is 9.38. The molecule has 0 aliphatic heterocycles. The van der Waals surface area contributed by atoms with E-state index in [2.05, 4.69) is 4.57 Å². The first-order chi connectivity index (χ1) is 15.6. The monoisotopic (exact) mass is 458 g/mol. The Morgan fingerprint density at radius 3 is 2.38 bits per heavy atom. The summed E-state index contributed by atoms with van der Waals surface area (Å²) in [7, 11) is 0. The van der Waals surface area contributed by atoms with Gasteiger partial charge in [-0.1, -0.05) is 43.7 Å². The summed E-state index contributed by atoms with van der Waals surface area (Å²) in [6.45, 7) is 1.39. The molecule has 0 spiro atoms. The molecule has 3 nitrogen and oxygen atoms in total. The van der Waals surface area contributed by atoms with Crippen LogP contribution in [0.1, 0.15) is 57.8 Å². The Morgan fingerprint density at radius 1 is 0.906 bits per heavy atom. The van der Waals surface area contributed by atoms with Gasteiger partial charge in [0.15, 0.2) is 11.6 Å². The Kier molecular flexibility index (Phi) is 6.36. The van der Waals surface area contributed by atoms with Crippen LogP contribution in [0, 0.1) is 23.5 Å². The number of ether oxygens (including phenoxy) is 1. The van der Waals surface area contributed by atoms with Crippen LogP contribution in [0.3, 0.4) is 0 Å². The number of hydrogen-bond donors (Lipinski definition) is 0. The molecule has 6 heteroatoms. The average molecular weight is 459 g/mol. The van der Waals surface area contributed by atoms with Crippen LogP contribution in [0.15, 0.2) is 30.3 Å². The van der Waals surface area contributed by atoms with Gasteiger partial charge in [0.1, 0.15) is 11.6 Å². The quantitative estimate of drug-likeness (QED) is 0.377. The Hall–Kier alpha value is -2.14. The van der Waals surface area contributed by atoms with Crippen LogP contribution < -0.4 is 4.74 Å². The summed E-state index contributed by atoms with van der Waals surface area (Å²) < 4.78 is 36.5. The van der Waals surface area contributed by atoms with Crippen molar-refractivity contribution in [3.63, 3.8) is 0 Å². The Balaban J connectivity index is 1.57. The summed E-state index contributed by atoms with van der Waals surface area (Å²) in [5, 5.41) is 0.599. The van der Waals surface area contributed by atoms with Gasteiger partial charge in [-0.15, -0.1) is 0 Å². The number of benzene rings is 2. The first kappa shape index (κ1) is 21.7. The topological polar surface area (TPSA) is 27.1 Å². The zero-order valence-electron chi connectivity index (χ0n) is 18.3. The van der Waals surface area contributed by atoms with Crippen molar-refractivity contribution in [1.29, 1.82) is 0 Å². The molecule has 0 atom stereocenters. The number of imidazole rings is 1. The summed E-state index contributed by atoms with van der Waals surface area (Å²) in [6, 6.07) is 8.04.